The number of methoxy groups -OCH3 is 2. The molecule has 2 heterocycles. The Kier molecular flexibility index (Phi) is 11.4. The highest BCUT2D eigenvalue weighted by Gasteiger charge is 2.40. The van der Waals surface area contributed by atoms with Crippen LogP contribution in [0.15, 0.2) is 42.5 Å². The lowest BCUT2D eigenvalue weighted by molar-refractivity contribution is -0.0483. The average Bonchev–Trinajstić information content (AvgIpc) is 2.98. The summed E-state index contributed by atoms with van der Waals surface area (Å²) in [6.45, 7) is 5.24. The van der Waals surface area contributed by atoms with Crippen LogP contribution in [0.5, 0.6) is 5.75 Å². The zero-order valence-electron chi connectivity index (χ0n) is 23.5. The van der Waals surface area contributed by atoms with E-state index in [1.807, 2.05) is 36.4 Å². The van der Waals surface area contributed by atoms with Gasteiger partial charge in [-0.3, -0.25) is 0 Å². The van der Waals surface area contributed by atoms with Crippen molar-refractivity contribution >= 4 is 11.8 Å². The van der Waals surface area contributed by atoms with E-state index in [0.29, 0.717) is 39.6 Å². The summed E-state index contributed by atoms with van der Waals surface area (Å²) < 4.78 is 28.2. The maximum atomic E-state index is 11.9. The number of anilines is 1. The lowest BCUT2D eigenvalue weighted by atomic mass is 9.78. The van der Waals surface area contributed by atoms with E-state index in [2.05, 4.69) is 11.0 Å². The molecule has 2 aliphatic rings. The van der Waals surface area contributed by atoms with Crippen LogP contribution in [-0.4, -0.2) is 101 Å². The molecule has 1 fully saturated rings. The zero-order chi connectivity index (χ0) is 28.3. The fraction of sp³-hybridized carbons (Fsp3) is 0.567. The van der Waals surface area contributed by atoms with Gasteiger partial charge in [-0.1, -0.05) is 30.3 Å². The van der Waals surface area contributed by atoms with Gasteiger partial charge in [-0.2, -0.15) is 0 Å². The molecule has 10 nitrogen and oxygen atoms in total. The molecule has 10 heteroatoms. The average molecular weight is 559 g/mol. The number of amides is 1. The van der Waals surface area contributed by atoms with Gasteiger partial charge in [0.05, 0.1) is 51.3 Å². The second kappa shape index (κ2) is 15.2. The van der Waals surface area contributed by atoms with Crippen molar-refractivity contribution in [1.82, 2.24) is 4.90 Å². The number of rotatable bonds is 14. The van der Waals surface area contributed by atoms with E-state index in [0.717, 1.165) is 47.6 Å². The third kappa shape index (κ3) is 7.86. The van der Waals surface area contributed by atoms with Crippen molar-refractivity contribution in [3.63, 3.8) is 0 Å². The number of carboxylic acid groups (broad SMARTS) is 1. The van der Waals surface area contributed by atoms with Crippen LogP contribution in [0.25, 0.3) is 0 Å². The molecule has 0 aliphatic carbocycles. The standard InChI is InChI=1S/C30H42N2O8/c1-36-12-3-10-31-11-13-39-27-9-6-23(16-26(27)31)21-40-28-18-32(30(34)35)17-25(19-33)29(28)24-7-4-22(5-8-24)20-38-15-14-37-2/h4-9,16,25,28-29,33H,3,10-15,17-21H2,1-2H3,(H,34,35)/t25-,28-,29-/m0/s1. The first kappa shape index (κ1) is 30.1. The minimum Gasteiger partial charge on any atom is -0.490 e. The first-order valence-electron chi connectivity index (χ1n) is 13.9. The van der Waals surface area contributed by atoms with Crippen molar-refractivity contribution in [3.8, 4) is 5.75 Å². The SMILES string of the molecule is COCCCN1CCOc2ccc(CO[C@H]3CN(C(=O)O)C[C@@H](CO)[C@@H]3c3ccc(COCCOC)cc3)cc21. The van der Waals surface area contributed by atoms with Crippen LogP contribution in [0.4, 0.5) is 10.5 Å². The van der Waals surface area contributed by atoms with Gasteiger partial charge in [-0.15, -0.1) is 0 Å². The second-order valence-electron chi connectivity index (χ2n) is 10.3. The molecule has 0 spiro atoms. The minimum atomic E-state index is -1.01. The van der Waals surface area contributed by atoms with Crippen LogP contribution >= 0.6 is 0 Å². The molecule has 3 atom stereocenters. The highest BCUT2D eigenvalue weighted by atomic mass is 16.5. The molecule has 40 heavy (non-hydrogen) atoms. The highest BCUT2D eigenvalue weighted by Crippen LogP contribution is 2.37. The topological polar surface area (TPSA) is 110 Å². The third-order valence-electron chi connectivity index (χ3n) is 7.56. The zero-order valence-corrected chi connectivity index (χ0v) is 23.5. The smallest absolute Gasteiger partial charge is 0.407 e. The van der Waals surface area contributed by atoms with Gasteiger partial charge in [0.15, 0.2) is 0 Å². The van der Waals surface area contributed by atoms with E-state index in [1.54, 1.807) is 14.2 Å². The number of piperidine rings is 1. The maximum Gasteiger partial charge on any atom is 0.407 e. The van der Waals surface area contributed by atoms with Crippen molar-refractivity contribution < 1.29 is 38.7 Å². The quantitative estimate of drug-likeness (QED) is 0.337. The van der Waals surface area contributed by atoms with Gasteiger partial charge in [-0.25, -0.2) is 4.79 Å². The number of fused-ring (bicyclic) bond motifs is 1. The summed E-state index contributed by atoms with van der Waals surface area (Å²) in [6.07, 6.45) is -0.505. The first-order chi connectivity index (χ1) is 19.5. The predicted octanol–water partition coefficient (Wildman–Crippen LogP) is 3.36. The monoisotopic (exact) mass is 558 g/mol. The summed E-state index contributed by atoms with van der Waals surface area (Å²) in [6, 6.07) is 14.1. The lowest BCUT2D eigenvalue weighted by Crippen LogP contribution is -2.51. The molecular formula is C30H42N2O8. The van der Waals surface area contributed by atoms with Gasteiger partial charge >= 0.3 is 6.09 Å². The number of carbonyl (C=O) groups is 1. The summed E-state index contributed by atoms with van der Waals surface area (Å²) in [5.41, 5.74) is 4.06. The fourth-order valence-corrected chi connectivity index (χ4v) is 5.49. The van der Waals surface area contributed by atoms with Crippen LogP contribution in [0.3, 0.4) is 0 Å². The maximum absolute atomic E-state index is 11.9. The largest absolute Gasteiger partial charge is 0.490 e. The normalized spacial score (nSPS) is 20.7. The Labute approximate surface area is 236 Å². The number of hydrogen-bond donors (Lipinski definition) is 2. The van der Waals surface area contributed by atoms with Gasteiger partial charge < -0.3 is 43.7 Å². The molecule has 0 unspecified atom stereocenters. The molecule has 220 valence electrons. The van der Waals surface area contributed by atoms with Gasteiger partial charge in [0, 0.05) is 52.4 Å². The van der Waals surface area contributed by atoms with Crippen LogP contribution in [0, 0.1) is 5.92 Å². The first-order valence-corrected chi connectivity index (χ1v) is 13.9. The Bertz CT molecular complexity index is 1070. The Hall–Kier alpha value is -2.89. The summed E-state index contributed by atoms with van der Waals surface area (Å²) in [4.78, 5) is 15.6. The lowest BCUT2D eigenvalue weighted by Gasteiger charge is -2.42. The molecule has 0 aromatic heterocycles. The van der Waals surface area contributed by atoms with Crippen molar-refractivity contribution in [2.24, 2.45) is 5.92 Å². The Balaban J connectivity index is 1.49. The Morgan fingerprint density at radius 3 is 2.50 bits per heavy atom. The molecule has 0 bridgehead atoms. The third-order valence-corrected chi connectivity index (χ3v) is 7.56. The van der Waals surface area contributed by atoms with Crippen molar-refractivity contribution in [1.29, 1.82) is 0 Å². The summed E-state index contributed by atoms with van der Waals surface area (Å²) in [7, 11) is 3.35. The molecule has 2 aromatic rings. The van der Waals surface area contributed by atoms with Gasteiger partial charge in [0.25, 0.3) is 0 Å². The van der Waals surface area contributed by atoms with E-state index < -0.39 is 12.2 Å². The molecule has 1 saturated heterocycles. The van der Waals surface area contributed by atoms with Crippen LogP contribution in [0.1, 0.15) is 29.0 Å². The summed E-state index contributed by atoms with van der Waals surface area (Å²) >= 11 is 0. The van der Waals surface area contributed by atoms with Crippen LogP contribution in [-0.2, 0) is 32.2 Å². The highest BCUT2D eigenvalue weighted by molar-refractivity contribution is 5.65. The van der Waals surface area contributed by atoms with Crippen LogP contribution < -0.4 is 9.64 Å². The second-order valence-corrected chi connectivity index (χ2v) is 10.3. The van der Waals surface area contributed by atoms with E-state index in [1.165, 1.54) is 4.90 Å². The fourth-order valence-electron chi connectivity index (χ4n) is 5.49. The molecule has 2 aromatic carbocycles. The molecule has 0 radical (unpaired) electrons. The van der Waals surface area contributed by atoms with Gasteiger partial charge in [-0.05, 0) is 35.2 Å². The summed E-state index contributed by atoms with van der Waals surface area (Å²) in [5, 5.41) is 20.0. The van der Waals surface area contributed by atoms with Gasteiger partial charge in [0.2, 0.25) is 0 Å². The van der Waals surface area contributed by atoms with Crippen molar-refractivity contribution in [3.05, 3.63) is 59.2 Å². The van der Waals surface area contributed by atoms with E-state index >= 15 is 0 Å². The molecule has 0 saturated carbocycles. The molecule has 2 aliphatic heterocycles. The van der Waals surface area contributed by atoms with Crippen LogP contribution in [0.2, 0.25) is 0 Å². The number of likely N-dealkylation sites (tertiary alicyclic amines) is 1. The molecule has 1 amide bonds. The number of hydrogen-bond acceptors (Lipinski definition) is 8. The minimum absolute atomic E-state index is 0.136. The van der Waals surface area contributed by atoms with Crippen molar-refractivity contribution in [2.75, 3.05) is 78.3 Å². The Morgan fingerprint density at radius 1 is 1.00 bits per heavy atom. The molecule has 2 N–H and O–H groups in total. The molecular weight excluding hydrogens is 516 g/mol. The van der Waals surface area contributed by atoms with E-state index in [4.69, 9.17) is 23.7 Å². The molecule has 4 rings (SSSR count). The van der Waals surface area contributed by atoms with Crippen molar-refractivity contribution in [2.45, 2.75) is 31.7 Å². The van der Waals surface area contributed by atoms with E-state index in [9.17, 15) is 15.0 Å². The van der Waals surface area contributed by atoms with Gasteiger partial charge in [0.1, 0.15) is 12.4 Å². The number of ether oxygens (including phenoxy) is 5. The number of aliphatic hydroxyl groups is 1. The number of benzene rings is 2. The number of aliphatic hydroxyl groups excluding tert-OH is 1. The number of nitrogens with zero attached hydrogens (tertiary/aromatic N) is 2. The van der Waals surface area contributed by atoms with E-state index in [-0.39, 0.29) is 31.5 Å². The summed E-state index contributed by atoms with van der Waals surface area (Å²) in [5.74, 6) is 0.411. The predicted molar refractivity (Wildman–Crippen MR) is 150 cm³/mol. The Morgan fingerprint density at radius 2 is 1.77 bits per heavy atom.